The van der Waals surface area contributed by atoms with Crippen molar-refractivity contribution in [3.8, 4) is 0 Å². The molecule has 0 aromatic rings. The summed E-state index contributed by atoms with van der Waals surface area (Å²) in [6, 6.07) is 1.23. The molecular weight excluding hydrogens is 106 g/mol. The van der Waals surface area contributed by atoms with Crippen LogP contribution in [-0.2, 0) is 4.74 Å². The van der Waals surface area contributed by atoms with Crippen molar-refractivity contribution in [1.82, 2.24) is 0 Å². The molecule has 3 heteroatoms. The summed E-state index contributed by atoms with van der Waals surface area (Å²) >= 11 is 0. The minimum atomic E-state index is -0.0162. The summed E-state index contributed by atoms with van der Waals surface area (Å²) in [7, 11) is 2.87. The Kier molecular flexibility index (Phi) is 4.38. The van der Waals surface area contributed by atoms with E-state index < -0.39 is 0 Å². The van der Waals surface area contributed by atoms with E-state index in [1.54, 1.807) is 7.11 Å². The summed E-state index contributed by atoms with van der Waals surface area (Å²) in [5.41, 5.74) is 5.38. The van der Waals surface area contributed by atoms with Crippen molar-refractivity contribution in [1.29, 1.82) is 0 Å². The molecule has 7 heavy (non-hydrogen) atoms. The number of nitrogens with two attached hydrogens (primary N) is 1. The van der Waals surface area contributed by atoms with E-state index >= 15 is 0 Å². The van der Waals surface area contributed by atoms with Gasteiger partial charge < -0.3 is 10.5 Å². The smallest absolute Gasteiger partial charge is 0.104 e. The van der Waals surface area contributed by atoms with Gasteiger partial charge in [-0.1, -0.05) is 6.04 Å². The average molecular weight is 119 g/mol. The van der Waals surface area contributed by atoms with E-state index in [1.165, 1.54) is 16.3 Å². The van der Waals surface area contributed by atoms with E-state index in [-0.39, 0.29) is 6.23 Å². The third-order valence-electron chi connectivity index (χ3n) is 0.876. The van der Waals surface area contributed by atoms with Crippen molar-refractivity contribution in [2.45, 2.75) is 18.7 Å². The number of hydrogen-bond donors (Lipinski definition) is 1. The Balaban J connectivity index is 2.83. The summed E-state index contributed by atoms with van der Waals surface area (Å²) in [6.45, 7) is 0. The molecule has 0 aromatic heterocycles. The molecular formula is C4H13NOSi. The Morgan fingerprint density at radius 2 is 2.43 bits per heavy atom. The second kappa shape index (κ2) is 4.30. The van der Waals surface area contributed by atoms with Gasteiger partial charge in [-0.15, -0.1) is 0 Å². The standard InChI is InChI=1S/C4H13NOSi/c1-6-4(5)2-3-7/h4H,2-3,5H2,1,7H3. The van der Waals surface area contributed by atoms with Gasteiger partial charge in [-0.05, 0) is 6.42 Å². The maximum absolute atomic E-state index is 5.38. The Morgan fingerprint density at radius 1 is 1.86 bits per heavy atom. The lowest BCUT2D eigenvalue weighted by atomic mass is 10.4. The fraction of sp³-hybridized carbons (Fsp3) is 1.00. The zero-order valence-corrected chi connectivity index (χ0v) is 6.98. The molecule has 0 aliphatic carbocycles. The van der Waals surface area contributed by atoms with Crippen LogP contribution in [0, 0.1) is 0 Å². The predicted octanol–water partition coefficient (Wildman–Crippen LogP) is -0.909. The number of hydrogen-bond acceptors (Lipinski definition) is 2. The predicted molar refractivity (Wildman–Crippen MR) is 34.3 cm³/mol. The van der Waals surface area contributed by atoms with Crippen LogP contribution in [0.3, 0.4) is 0 Å². The first-order valence-electron chi connectivity index (χ1n) is 2.59. The second-order valence-corrected chi connectivity index (χ2v) is 2.56. The molecule has 0 aliphatic heterocycles. The van der Waals surface area contributed by atoms with Crippen LogP contribution in [0.25, 0.3) is 0 Å². The first kappa shape index (κ1) is 7.14. The molecule has 0 radical (unpaired) electrons. The van der Waals surface area contributed by atoms with Crippen LogP contribution in [0.15, 0.2) is 0 Å². The van der Waals surface area contributed by atoms with Crippen LogP contribution in [0.4, 0.5) is 0 Å². The highest BCUT2D eigenvalue weighted by molar-refractivity contribution is 6.08. The van der Waals surface area contributed by atoms with Gasteiger partial charge in [-0.3, -0.25) is 0 Å². The van der Waals surface area contributed by atoms with Crippen molar-refractivity contribution < 1.29 is 4.74 Å². The summed E-state index contributed by atoms with van der Waals surface area (Å²) in [4.78, 5) is 0. The maximum atomic E-state index is 5.38. The van der Waals surface area contributed by atoms with Crippen molar-refractivity contribution in [3.05, 3.63) is 0 Å². The summed E-state index contributed by atoms with van der Waals surface area (Å²) in [6.07, 6.45) is 1.00. The Hall–Kier alpha value is 0.137. The van der Waals surface area contributed by atoms with Gasteiger partial charge in [-0.2, -0.15) is 0 Å². The fourth-order valence-electron chi connectivity index (χ4n) is 0.402. The molecule has 0 bridgehead atoms. The lowest BCUT2D eigenvalue weighted by Crippen LogP contribution is -2.21. The molecule has 0 rings (SSSR count). The van der Waals surface area contributed by atoms with Gasteiger partial charge >= 0.3 is 0 Å². The van der Waals surface area contributed by atoms with Crippen molar-refractivity contribution >= 4 is 10.2 Å². The Labute approximate surface area is 47.5 Å². The molecule has 44 valence electrons. The monoisotopic (exact) mass is 119 g/mol. The highest BCUT2D eigenvalue weighted by atomic mass is 28.1. The van der Waals surface area contributed by atoms with E-state index in [9.17, 15) is 0 Å². The molecule has 1 unspecified atom stereocenters. The molecule has 0 saturated heterocycles. The van der Waals surface area contributed by atoms with Crippen LogP contribution < -0.4 is 5.73 Å². The maximum Gasteiger partial charge on any atom is 0.104 e. The van der Waals surface area contributed by atoms with Crippen LogP contribution >= 0.6 is 0 Å². The van der Waals surface area contributed by atoms with E-state index in [2.05, 4.69) is 0 Å². The second-order valence-electron chi connectivity index (χ2n) is 1.56. The molecule has 0 spiro atoms. The van der Waals surface area contributed by atoms with Gasteiger partial charge in [0.1, 0.15) is 6.23 Å². The largest absolute Gasteiger partial charge is 0.367 e. The first-order chi connectivity index (χ1) is 3.31. The Morgan fingerprint density at radius 3 is 2.57 bits per heavy atom. The van der Waals surface area contributed by atoms with E-state index in [4.69, 9.17) is 10.5 Å². The summed E-state index contributed by atoms with van der Waals surface area (Å²) in [5, 5.41) is 0. The van der Waals surface area contributed by atoms with Crippen molar-refractivity contribution in [2.24, 2.45) is 5.73 Å². The molecule has 0 saturated carbocycles. The van der Waals surface area contributed by atoms with Gasteiger partial charge in [-0.25, -0.2) is 0 Å². The van der Waals surface area contributed by atoms with Crippen molar-refractivity contribution in [2.75, 3.05) is 7.11 Å². The van der Waals surface area contributed by atoms with Crippen molar-refractivity contribution in [3.63, 3.8) is 0 Å². The SMILES string of the molecule is COC(N)CC[SiH3]. The topological polar surface area (TPSA) is 35.2 Å². The van der Waals surface area contributed by atoms with Gasteiger partial charge in [0.05, 0.1) is 0 Å². The lowest BCUT2D eigenvalue weighted by Gasteiger charge is -2.04. The molecule has 1 atom stereocenters. The zero-order valence-electron chi connectivity index (χ0n) is 4.98. The van der Waals surface area contributed by atoms with Crippen LogP contribution in [-0.4, -0.2) is 23.6 Å². The van der Waals surface area contributed by atoms with Gasteiger partial charge in [0.2, 0.25) is 0 Å². The highest BCUT2D eigenvalue weighted by Crippen LogP contribution is 1.89. The molecule has 2 nitrogen and oxygen atoms in total. The summed E-state index contributed by atoms with van der Waals surface area (Å²) in [5.74, 6) is 0. The van der Waals surface area contributed by atoms with E-state index in [0.29, 0.717) is 0 Å². The molecule has 0 aromatic carbocycles. The van der Waals surface area contributed by atoms with Gasteiger partial charge in [0.15, 0.2) is 0 Å². The minimum Gasteiger partial charge on any atom is -0.367 e. The molecule has 2 N–H and O–H groups in total. The van der Waals surface area contributed by atoms with E-state index in [1.807, 2.05) is 0 Å². The fourth-order valence-corrected chi connectivity index (χ4v) is 0.971. The molecule has 0 aliphatic rings. The number of methoxy groups -OCH3 is 1. The summed E-state index contributed by atoms with van der Waals surface area (Å²) < 4.78 is 4.79. The number of ether oxygens (including phenoxy) is 1. The van der Waals surface area contributed by atoms with Crippen LogP contribution in [0.5, 0.6) is 0 Å². The van der Waals surface area contributed by atoms with Gasteiger partial charge in [0, 0.05) is 17.4 Å². The molecule has 0 heterocycles. The lowest BCUT2D eigenvalue weighted by molar-refractivity contribution is 0.105. The van der Waals surface area contributed by atoms with Crippen LogP contribution in [0.2, 0.25) is 6.04 Å². The molecule has 0 amide bonds. The normalized spacial score (nSPS) is 14.6. The van der Waals surface area contributed by atoms with E-state index in [0.717, 1.165) is 6.42 Å². The zero-order chi connectivity index (χ0) is 5.70. The quantitative estimate of drug-likeness (QED) is 0.386. The average Bonchev–Trinajstić information content (AvgIpc) is 1.68. The highest BCUT2D eigenvalue weighted by Gasteiger charge is 1.92. The number of rotatable bonds is 3. The van der Waals surface area contributed by atoms with Crippen LogP contribution in [0.1, 0.15) is 6.42 Å². The Bertz CT molecular complexity index is 42.7. The molecule has 0 fully saturated rings. The third kappa shape index (κ3) is 3.98. The minimum absolute atomic E-state index is 0.0162. The first-order valence-corrected chi connectivity index (χ1v) is 4.01. The third-order valence-corrected chi connectivity index (χ3v) is 1.45. The van der Waals surface area contributed by atoms with Gasteiger partial charge in [0.25, 0.3) is 0 Å².